The Morgan fingerprint density at radius 3 is 2.85 bits per heavy atom. The van der Waals surface area contributed by atoms with Gasteiger partial charge in [0.2, 0.25) is 0 Å². The normalized spacial score (nSPS) is 12.2. The van der Waals surface area contributed by atoms with Crippen molar-refractivity contribution in [2.75, 3.05) is 7.11 Å². The first-order valence-electron chi connectivity index (χ1n) is 10.5. The number of furan rings is 1. The average molecular weight is 459 g/mol. The first-order chi connectivity index (χ1) is 16.1. The zero-order chi connectivity index (χ0) is 22.8. The molecule has 1 unspecified atom stereocenters. The van der Waals surface area contributed by atoms with E-state index in [1.54, 1.807) is 19.6 Å². The molecule has 0 saturated heterocycles. The Morgan fingerprint density at radius 2 is 2.03 bits per heavy atom. The van der Waals surface area contributed by atoms with E-state index in [4.69, 9.17) is 9.15 Å². The summed E-state index contributed by atoms with van der Waals surface area (Å²) in [6.07, 6.45) is 3.42. The van der Waals surface area contributed by atoms with Crippen molar-refractivity contribution >= 4 is 28.4 Å². The predicted octanol–water partition coefficient (Wildman–Crippen LogP) is 5.44. The fourth-order valence-electron chi connectivity index (χ4n) is 3.76. The van der Waals surface area contributed by atoms with Gasteiger partial charge in [0.05, 0.1) is 25.2 Å². The number of hydrogen-bond acceptors (Lipinski definition) is 6. The van der Waals surface area contributed by atoms with Crippen LogP contribution in [0.2, 0.25) is 0 Å². The molecule has 0 amide bonds. The summed E-state index contributed by atoms with van der Waals surface area (Å²) in [7, 11) is 1.63. The smallest absolute Gasteiger partial charge is 0.192 e. The lowest BCUT2D eigenvalue weighted by Crippen LogP contribution is -2.15. The van der Waals surface area contributed by atoms with Gasteiger partial charge in [-0.15, -0.1) is 10.2 Å². The Kier molecular flexibility index (Phi) is 5.75. The quantitative estimate of drug-likeness (QED) is 0.246. The largest absolute Gasteiger partial charge is 0.497 e. The van der Waals surface area contributed by atoms with Gasteiger partial charge in [-0.05, 0) is 37.3 Å². The van der Waals surface area contributed by atoms with Crippen LogP contribution >= 0.6 is 11.8 Å². The number of thioether (sulfide) groups is 1. The maximum Gasteiger partial charge on any atom is 0.192 e. The van der Waals surface area contributed by atoms with E-state index in [0.717, 1.165) is 28.0 Å². The van der Waals surface area contributed by atoms with Gasteiger partial charge in [-0.25, -0.2) is 0 Å². The van der Waals surface area contributed by atoms with Crippen molar-refractivity contribution in [3.05, 3.63) is 84.4 Å². The zero-order valence-corrected chi connectivity index (χ0v) is 19.0. The molecule has 8 heteroatoms. The summed E-state index contributed by atoms with van der Waals surface area (Å²) in [5.41, 5.74) is 2.49. The van der Waals surface area contributed by atoms with Crippen molar-refractivity contribution < 1.29 is 13.9 Å². The van der Waals surface area contributed by atoms with Crippen LogP contribution in [0.3, 0.4) is 0 Å². The topological polar surface area (TPSA) is 85.9 Å². The van der Waals surface area contributed by atoms with E-state index in [1.807, 2.05) is 72.2 Å². The lowest BCUT2D eigenvalue weighted by Gasteiger charge is -2.12. The van der Waals surface area contributed by atoms with E-state index in [9.17, 15) is 4.79 Å². The van der Waals surface area contributed by atoms with E-state index in [-0.39, 0.29) is 11.0 Å². The van der Waals surface area contributed by atoms with E-state index in [0.29, 0.717) is 23.1 Å². The fourth-order valence-corrected chi connectivity index (χ4v) is 4.67. The third kappa shape index (κ3) is 4.17. The molecule has 0 aliphatic carbocycles. The number of benzene rings is 2. The Balaban J connectivity index is 1.48. The maximum absolute atomic E-state index is 13.3. The van der Waals surface area contributed by atoms with Crippen molar-refractivity contribution in [2.24, 2.45) is 0 Å². The number of aromatic nitrogens is 4. The molecule has 2 aromatic carbocycles. The highest BCUT2D eigenvalue weighted by Gasteiger charge is 2.24. The van der Waals surface area contributed by atoms with Crippen LogP contribution in [-0.2, 0) is 6.54 Å². The summed E-state index contributed by atoms with van der Waals surface area (Å²) in [5.74, 6) is 2.22. The Bertz CT molecular complexity index is 1400. The van der Waals surface area contributed by atoms with Gasteiger partial charge in [-0.1, -0.05) is 42.1 Å². The minimum Gasteiger partial charge on any atom is -0.497 e. The molecule has 1 atom stereocenters. The highest BCUT2D eigenvalue weighted by molar-refractivity contribution is 8.00. The van der Waals surface area contributed by atoms with Gasteiger partial charge in [0, 0.05) is 28.2 Å². The number of nitrogens with one attached hydrogen (secondary N) is 1. The van der Waals surface area contributed by atoms with Gasteiger partial charge in [0.15, 0.2) is 16.8 Å². The highest BCUT2D eigenvalue weighted by atomic mass is 32.2. The Morgan fingerprint density at radius 1 is 1.15 bits per heavy atom. The zero-order valence-electron chi connectivity index (χ0n) is 18.2. The number of aromatic amines is 1. The van der Waals surface area contributed by atoms with Crippen molar-refractivity contribution in [1.29, 1.82) is 0 Å². The van der Waals surface area contributed by atoms with Crippen LogP contribution in [0.25, 0.3) is 22.3 Å². The van der Waals surface area contributed by atoms with Crippen LogP contribution in [0.5, 0.6) is 5.75 Å². The molecule has 0 fully saturated rings. The van der Waals surface area contributed by atoms with Crippen LogP contribution < -0.4 is 4.74 Å². The first kappa shape index (κ1) is 21.1. The number of fused-ring (bicyclic) bond motifs is 1. The number of rotatable bonds is 8. The minimum atomic E-state index is -0.359. The van der Waals surface area contributed by atoms with Gasteiger partial charge >= 0.3 is 0 Å². The van der Waals surface area contributed by atoms with Gasteiger partial charge in [-0.3, -0.25) is 9.36 Å². The number of H-pyrrole nitrogens is 1. The highest BCUT2D eigenvalue weighted by Crippen LogP contribution is 2.31. The minimum absolute atomic E-state index is 0.0351. The second-order valence-corrected chi connectivity index (χ2v) is 8.88. The molecular weight excluding hydrogens is 436 g/mol. The summed E-state index contributed by atoms with van der Waals surface area (Å²) < 4.78 is 12.9. The average Bonchev–Trinajstić information content (AvgIpc) is 3.60. The third-order valence-electron chi connectivity index (χ3n) is 5.44. The molecule has 1 N–H and O–H groups in total. The number of ketones is 1. The standard InChI is InChI=1S/C25H22N4O3S/c1-16(23(30)21-14-26-22-11-4-3-10-20(21)22)33-25-28-27-24(17-7-5-8-18(13-17)31-2)29(25)15-19-9-6-12-32-19/h3-14,16,26H,15H2,1-2H3. The Labute approximate surface area is 194 Å². The number of para-hydroxylation sites is 1. The molecule has 7 nitrogen and oxygen atoms in total. The molecule has 33 heavy (non-hydrogen) atoms. The summed E-state index contributed by atoms with van der Waals surface area (Å²) >= 11 is 1.39. The molecule has 5 aromatic rings. The van der Waals surface area contributed by atoms with Gasteiger partial charge in [-0.2, -0.15) is 0 Å². The molecule has 0 spiro atoms. The summed E-state index contributed by atoms with van der Waals surface area (Å²) in [4.78, 5) is 16.5. The molecule has 0 bridgehead atoms. The van der Waals surface area contributed by atoms with Gasteiger partial charge in [0.1, 0.15) is 11.5 Å². The lowest BCUT2D eigenvalue weighted by molar-refractivity contribution is 0.0995. The van der Waals surface area contributed by atoms with Crippen LogP contribution in [-0.4, -0.2) is 37.9 Å². The Hall–Kier alpha value is -3.78. The third-order valence-corrected chi connectivity index (χ3v) is 6.53. The second kappa shape index (κ2) is 8.99. The number of hydrogen-bond donors (Lipinski definition) is 1. The maximum atomic E-state index is 13.3. The molecular formula is C25H22N4O3S. The summed E-state index contributed by atoms with van der Waals surface area (Å²) in [6, 6.07) is 19.2. The number of carbonyl (C=O) groups excluding carboxylic acids is 1. The van der Waals surface area contributed by atoms with Crippen molar-refractivity contribution in [3.63, 3.8) is 0 Å². The first-order valence-corrected chi connectivity index (χ1v) is 11.4. The second-order valence-electron chi connectivity index (χ2n) is 7.58. The van der Waals surface area contributed by atoms with Gasteiger partial charge in [0.25, 0.3) is 0 Å². The molecule has 3 aromatic heterocycles. The number of nitrogens with zero attached hydrogens (tertiary/aromatic N) is 3. The SMILES string of the molecule is COc1cccc(-c2nnc(SC(C)C(=O)c3c[nH]c4ccccc34)n2Cc2ccco2)c1. The molecule has 166 valence electrons. The fraction of sp³-hybridized carbons (Fsp3) is 0.160. The molecule has 0 aliphatic heterocycles. The summed E-state index contributed by atoms with van der Waals surface area (Å²) in [5, 5.41) is 10.1. The molecule has 5 rings (SSSR count). The van der Waals surface area contributed by atoms with E-state index >= 15 is 0 Å². The molecule has 0 aliphatic rings. The van der Waals surface area contributed by atoms with Crippen molar-refractivity contribution in [2.45, 2.75) is 23.9 Å². The number of Topliss-reactive ketones (excluding diaryl/α,β-unsaturated/α-hetero) is 1. The van der Waals surface area contributed by atoms with E-state index < -0.39 is 0 Å². The molecule has 0 saturated carbocycles. The lowest BCUT2D eigenvalue weighted by atomic mass is 10.1. The number of ether oxygens (including phenoxy) is 1. The van der Waals surface area contributed by atoms with Crippen LogP contribution in [0.4, 0.5) is 0 Å². The van der Waals surface area contributed by atoms with E-state index in [1.165, 1.54) is 11.8 Å². The molecule has 3 heterocycles. The monoisotopic (exact) mass is 458 g/mol. The van der Waals surface area contributed by atoms with Crippen molar-refractivity contribution in [1.82, 2.24) is 19.7 Å². The number of methoxy groups -OCH3 is 1. The van der Waals surface area contributed by atoms with Crippen LogP contribution in [0.15, 0.2) is 82.7 Å². The molecule has 0 radical (unpaired) electrons. The summed E-state index contributed by atoms with van der Waals surface area (Å²) in [6.45, 7) is 2.34. The van der Waals surface area contributed by atoms with Gasteiger partial charge < -0.3 is 14.1 Å². The number of carbonyl (C=O) groups is 1. The van der Waals surface area contributed by atoms with E-state index in [2.05, 4.69) is 15.2 Å². The van der Waals surface area contributed by atoms with Crippen LogP contribution in [0, 0.1) is 0 Å². The predicted molar refractivity (Wildman–Crippen MR) is 128 cm³/mol. The van der Waals surface area contributed by atoms with Crippen LogP contribution in [0.1, 0.15) is 23.0 Å². The van der Waals surface area contributed by atoms with Crippen molar-refractivity contribution in [3.8, 4) is 17.1 Å².